The molecule has 2 N–H and O–H groups in total. The average molecular weight is 237 g/mol. The van der Waals surface area contributed by atoms with Crippen LogP contribution in [0.2, 0.25) is 0 Å². The molecule has 0 aliphatic rings. The maximum Gasteiger partial charge on any atom is 0.290 e. The Hall–Kier alpha value is -2.04. The van der Waals surface area contributed by atoms with Crippen molar-refractivity contribution in [3.63, 3.8) is 0 Å². The topological polar surface area (TPSA) is 120 Å². The number of aliphatic hydroxyl groups excluding tert-OH is 2. The van der Waals surface area contributed by atoms with Gasteiger partial charge in [0, 0.05) is 5.56 Å². The molecule has 0 amide bonds. The van der Waals surface area contributed by atoms with Gasteiger partial charge in [0.25, 0.3) is 5.69 Å². The van der Waals surface area contributed by atoms with Crippen LogP contribution in [-0.2, 0) is 0 Å². The summed E-state index contributed by atoms with van der Waals surface area (Å²) in [5, 5.41) is 38.0. The maximum absolute atomic E-state index is 10.5. The Morgan fingerprint density at radius 1 is 1.65 bits per heavy atom. The molecule has 90 valence electrons. The molecule has 1 aromatic rings. The molecular formula is C10H11N3O4. The van der Waals surface area contributed by atoms with Gasteiger partial charge in [0.1, 0.15) is 12.3 Å². The van der Waals surface area contributed by atoms with E-state index in [0.29, 0.717) is 5.56 Å². The van der Waals surface area contributed by atoms with Gasteiger partial charge in [-0.2, -0.15) is 5.26 Å². The quantitative estimate of drug-likeness (QED) is 0.584. The number of aryl methyl sites for hydroxylation is 1. The number of nitro groups is 1. The van der Waals surface area contributed by atoms with Crippen LogP contribution in [0.15, 0.2) is 12.3 Å². The van der Waals surface area contributed by atoms with E-state index in [1.54, 1.807) is 6.07 Å². The molecule has 0 aliphatic carbocycles. The fourth-order valence-electron chi connectivity index (χ4n) is 1.33. The Morgan fingerprint density at radius 2 is 2.29 bits per heavy atom. The minimum Gasteiger partial charge on any atom is -0.389 e. The lowest BCUT2D eigenvalue weighted by molar-refractivity contribution is -0.385. The highest BCUT2D eigenvalue weighted by Gasteiger charge is 2.21. The van der Waals surface area contributed by atoms with Gasteiger partial charge < -0.3 is 10.2 Å². The molecule has 2 unspecified atom stereocenters. The summed E-state index contributed by atoms with van der Waals surface area (Å²) in [7, 11) is 0. The van der Waals surface area contributed by atoms with E-state index in [0.717, 1.165) is 6.20 Å². The van der Waals surface area contributed by atoms with E-state index in [2.05, 4.69) is 4.98 Å². The van der Waals surface area contributed by atoms with Crippen molar-refractivity contribution in [1.82, 2.24) is 4.98 Å². The first-order valence-electron chi connectivity index (χ1n) is 4.81. The van der Waals surface area contributed by atoms with Gasteiger partial charge in [-0.05, 0) is 13.0 Å². The summed E-state index contributed by atoms with van der Waals surface area (Å²) in [5.41, 5.74) is 0.287. The molecule has 0 saturated carbocycles. The molecule has 7 heteroatoms. The summed E-state index contributed by atoms with van der Waals surface area (Å²) < 4.78 is 0. The average Bonchev–Trinajstić information content (AvgIpc) is 2.27. The van der Waals surface area contributed by atoms with Crippen LogP contribution in [-0.4, -0.2) is 26.2 Å². The third-order valence-corrected chi connectivity index (χ3v) is 2.27. The molecule has 0 bridgehead atoms. The van der Waals surface area contributed by atoms with Crippen molar-refractivity contribution in [2.45, 2.75) is 25.6 Å². The summed E-state index contributed by atoms with van der Waals surface area (Å²) in [6.45, 7) is 1.51. The van der Waals surface area contributed by atoms with Crippen LogP contribution in [0.3, 0.4) is 0 Å². The monoisotopic (exact) mass is 237 g/mol. The second-order valence-corrected chi connectivity index (χ2v) is 3.53. The van der Waals surface area contributed by atoms with Crippen LogP contribution in [0.4, 0.5) is 5.69 Å². The fraction of sp³-hybridized carbons (Fsp3) is 0.400. The predicted octanol–water partition coefficient (Wildman–Crippen LogP) is 0.606. The molecule has 1 rings (SSSR count). The molecule has 17 heavy (non-hydrogen) atoms. The number of aromatic nitrogens is 1. The Bertz CT molecular complexity index is 469. The van der Waals surface area contributed by atoms with Crippen molar-refractivity contribution in [1.29, 1.82) is 5.26 Å². The van der Waals surface area contributed by atoms with E-state index >= 15 is 0 Å². The largest absolute Gasteiger partial charge is 0.389 e. The molecule has 2 atom stereocenters. The van der Waals surface area contributed by atoms with Crippen molar-refractivity contribution in [3.8, 4) is 6.07 Å². The van der Waals surface area contributed by atoms with Crippen molar-refractivity contribution in [2.75, 3.05) is 0 Å². The molecule has 1 aromatic heterocycles. The van der Waals surface area contributed by atoms with Crippen LogP contribution < -0.4 is 0 Å². The summed E-state index contributed by atoms with van der Waals surface area (Å²) in [5.74, 6) is 0. The molecule has 7 nitrogen and oxygen atoms in total. The molecule has 0 radical (unpaired) electrons. The van der Waals surface area contributed by atoms with Gasteiger partial charge in [-0.3, -0.25) is 15.1 Å². The zero-order valence-electron chi connectivity index (χ0n) is 9.07. The Balaban J connectivity index is 2.98. The minimum absolute atomic E-state index is 0.107. The SMILES string of the molecule is Cc1cc(C(O)C(O)CC#N)ncc1[N+](=O)[O-]. The first kappa shape index (κ1) is 13.0. The summed E-state index contributed by atoms with van der Waals surface area (Å²) >= 11 is 0. The Morgan fingerprint density at radius 3 is 2.76 bits per heavy atom. The van der Waals surface area contributed by atoms with E-state index in [1.807, 2.05) is 0 Å². The first-order valence-corrected chi connectivity index (χ1v) is 4.81. The standard InChI is InChI=1S/C10H11N3O4/c1-6-4-7(10(15)9(14)2-3-11)12-5-8(6)13(16)17/h4-5,9-10,14-15H,2H2,1H3. The van der Waals surface area contributed by atoms with E-state index in [4.69, 9.17) is 5.26 Å². The van der Waals surface area contributed by atoms with Gasteiger partial charge in [-0.1, -0.05) is 0 Å². The third kappa shape index (κ3) is 2.96. The van der Waals surface area contributed by atoms with Crippen LogP contribution in [0, 0.1) is 28.4 Å². The van der Waals surface area contributed by atoms with Crippen LogP contribution in [0.5, 0.6) is 0 Å². The van der Waals surface area contributed by atoms with Gasteiger partial charge in [-0.15, -0.1) is 0 Å². The molecular weight excluding hydrogens is 226 g/mol. The third-order valence-electron chi connectivity index (χ3n) is 2.27. The van der Waals surface area contributed by atoms with Gasteiger partial charge >= 0.3 is 0 Å². The summed E-state index contributed by atoms with van der Waals surface area (Å²) in [6, 6.07) is 3.04. The van der Waals surface area contributed by atoms with E-state index in [-0.39, 0.29) is 17.8 Å². The van der Waals surface area contributed by atoms with E-state index < -0.39 is 17.1 Å². The summed E-state index contributed by atoms with van der Waals surface area (Å²) in [4.78, 5) is 13.7. The number of nitrogens with zero attached hydrogens (tertiary/aromatic N) is 3. The lowest BCUT2D eigenvalue weighted by Gasteiger charge is -2.14. The zero-order chi connectivity index (χ0) is 13.0. The minimum atomic E-state index is -1.32. The molecule has 0 fully saturated rings. The molecule has 0 saturated heterocycles. The lowest BCUT2D eigenvalue weighted by atomic mass is 10.1. The number of aliphatic hydroxyl groups is 2. The van der Waals surface area contributed by atoms with Crippen LogP contribution >= 0.6 is 0 Å². The second-order valence-electron chi connectivity index (χ2n) is 3.53. The highest BCUT2D eigenvalue weighted by molar-refractivity contribution is 5.38. The number of hydrogen-bond donors (Lipinski definition) is 2. The smallest absolute Gasteiger partial charge is 0.290 e. The van der Waals surface area contributed by atoms with Crippen molar-refractivity contribution < 1.29 is 15.1 Å². The fourth-order valence-corrected chi connectivity index (χ4v) is 1.33. The summed E-state index contributed by atoms with van der Waals surface area (Å²) in [6.07, 6.45) is -1.80. The number of pyridine rings is 1. The highest BCUT2D eigenvalue weighted by Crippen LogP contribution is 2.22. The normalized spacial score (nSPS) is 13.8. The zero-order valence-corrected chi connectivity index (χ0v) is 9.07. The molecule has 1 heterocycles. The van der Waals surface area contributed by atoms with Crippen molar-refractivity contribution in [3.05, 3.63) is 33.6 Å². The van der Waals surface area contributed by atoms with E-state index in [9.17, 15) is 20.3 Å². The maximum atomic E-state index is 10.5. The number of rotatable bonds is 4. The first-order chi connectivity index (χ1) is 7.97. The van der Waals surface area contributed by atoms with E-state index in [1.165, 1.54) is 13.0 Å². The second kappa shape index (κ2) is 5.34. The highest BCUT2D eigenvalue weighted by atomic mass is 16.6. The van der Waals surface area contributed by atoms with Gasteiger partial charge in [0.15, 0.2) is 0 Å². The van der Waals surface area contributed by atoms with Crippen molar-refractivity contribution in [2.24, 2.45) is 0 Å². The number of nitriles is 1. The lowest BCUT2D eigenvalue weighted by Crippen LogP contribution is -2.18. The van der Waals surface area contributed by atoms with Gasteiger partial charge in [0.2, 0.25) is 0 Å². The van der Waals surface area contributed by atoms with Crippen LogP contribution in [0.25, 0.3) is 0 Å². The number of hydrogen-bond acceptors (Lipinski definition) is 6. The van der Waals surface area contributed by atoms with Gasteiger partial charge in [-0.25, -0.2) is 0 Å². The Labute approximate surface area is 97.1 Å². The molecule has 0 aliphatic heterocycles. The predicted molar refractivity (Wildman–Crippen MR) is 56.8 cm³/mol. The van der Waals surface area contributed by atoms with Crippen molar-refractivity contribution >= 4 is 5.69 Å². The van der Waals surface area contributed by atoms with Gasteiger partial charge in [0.05, 0.1) is 29.2 Å². The van der Waals surface area contributed by atoms with Crippen LogP contribution in [0.1, 0.15) is 23.8 Å². The molecule has 0 aromatic carbocycles. The Kier molecular flexibility index (Phi) is 4.09. The molecule has 0 spiro atoms.